The van der Waals surface area contributed by atoms with Crippen LogP contribution in [0, 0.1) is 0 Å². The summed E-state index contributed by atoms with van der Waals surface area (Å²) in [6, 6.07) is 11.4. The number of nitrogens with one attached hydrogen (secondary N) is 2. The van der Waals surface area contributed by atoms with E-state index in [0.717, 1.165) is 23.4 Å². The molecule has 1 aliphatic heterocycles. The number of anilines is 1. The number of hydrogen-bond donors (Lipinski definition) is 2. The van der Waals surface area contributed by atoms with E-state index in [2.05, 4.69) is 21.7 Å². The fourth-order valence-corrected chi connectivity index (χ4v) is 2.50. The molecule has 2 amide bonds. The molecule has 0 atom stereocenters. The third-order valence-electron chi connectivity index (χ3n) is 3.77. The van der Waals surface area contributed by atoms with Gasteiger partial charge in [-0.05, 0) is 35.9 Å². The zero-order chi connectivity index (χ0) is 16.9. The van der Waals surface area contributed by atoms with Gasteiger partial charge in [-0.3, -0.25) is 9.59 Å². The molecule has 2 N–H and O–H groups in total. The van der Waals surface area contributed by atoms with Crippen LogP contribution < -0.4 is 15.4 Å². The van der Waals surface area contributed by atoms with Crippen LogP contribution in [-0.2, 0) is 16.0 Å². The number of aromatic nitrogens is 1. The second kappa shape index (κ2) is 7.12. The van der Waals surface area contributed by atoms with Crippen LogP contribution in [-0.4, -0.2) is 29.9 Å². The van der Waals surface area contributed by atoms with Crippen molar-refractivity contribution in [2.75, 3.05) is 18.5 Å². The number of carbonyl (C=O) groups is 2. The minimum Gasteiger partial charge on any atom is -0.493 e. The quantitative estimate of drug-likeness (QED) is 0.883. The van der Waals surface area contributed by atoms with Crippen LogP contribution in [0.25, 0.3) is 11.3 Å². The lowest BCUT2D eigenvalue weighted by molar-refractivity contribution is -0.123. The Kier molecular flexibility index (Phi) is 4.74. The largest absolute Gasteiger partial charge is 0.493 e. The van der Waals surface area contributed by atoms with Gasteiger partial charge in [-0.15, -0.1) is 0 Å². The lowest BCUT2D eigenvalue weighted by Crippen LogP contribution is -2.32. The Labute approximate surface area is 140 Å². The van der Waals surface area contributed by atoms with Gasteiger partial charge < -0.3 is 15.4 Å². The van der Waals surface area contributed by atoms with Crippen molar-refractivity contribution in [3.05, 3.63) is 42.0 Å². The number of pyridine rings is 1. The summed E-state index contributed by atoms with van der Waals surface area (Å²) in [5.74, 6) is 0.922. The van der Waals surface area contributed by atoms with Crippen molar-refractivity contribution in [1.29, 1.82) is 0 Å². The molecule has 0 saturated carbocycles. The molecule has 6 nitrogen and oxygen atoms in total. The van der Waals surface area contributed by atoms with Crippen molar-refractivity contribution in [2.45, 2.75) is 19.8 Å². The van der Waals surface area contributed by atoms with Crippen molar-refractivity contribution < 1.29 is 14.3 Å². The first kappa shape index (κ1) is 16.0. The first-order valence-corrected chi connectivity index (χ1v) is 7.95. The summed E-state index contributed by atoms with van der Waals surface area (Å²) in [5, 5.41) is 5.23. The molecule has 1 aromatic heterocycles. The normalized spacial score (nSPS) is 12.2. The standard InChI is InChI=1S/C18H19N3O3/c1-2-17(22)19-11-18(23)21-16-5-3-4-14(20-16)12-6-7-15-13(10-12)8-9-24-15/h3-7,10H,2,8-9,11H2,1H3,(H,19,22)(H,20,21,23). The molecule has 2 aromatic rings. The molecule has 1 aromatic carbocycles. The van der Waals surface area contributed by atoms with Crippen LogP contribution in [0.15, 0.2) is 36.4 Å². The van der Waals surface area contributed by atoms with Crippen molar-refractivity contribution in [3.8, 4) is 17.0 Å². The van der Waals surface area contributed by atoms with Crippen LogP contribution in [0.5, 0.6) is 5.75 Å². The fourth-order valence-electron chi connectivity index (χ4n) is 2.50. The van der Waals surface area contributed by atoms with Crippen LogP contribution in [0.1, 0.15) is 18.9 Å². The molecule has 3 rings (SSSR count). The molecular weight excluding hydrogens is 306 g/mol. The average molecular weight is 325 g/mol. The highest BCUT2D eigenvalue weighted by Crippen LogP contribution is 2.30. The highest BCUT2D eigenvalue weighted by Gasteiger charge is 2.13. The Morgan fingerprint density at radius 2 is 2.08 bits per heavy atom. The Balaban J connectivity index is 1.70. The van der Waals surface area contributed by atoms with Gasteiger partial charge in [0.15, 0.2) is 0 Å². The van der Waals surface area contributed by atoms with Crippen LogP contribution in [0.3, 0.4) is 0 Å². The van der Waals surface area contributed by atoms with E-state index in [0.29, 0.717) is 18.8 Å². The Bertz CT molecular complexity index is 774. The number of ether oxygens (including phenoxy) is 1. The Morgan fingerprint density at radius 1 is 1.21 bits per heavy atom. The summed E-state index contributed by atoms with van der Waals surface area (Å²) < 4.78 is 5.51. The van der Waals surface area contributed by atoms with Gasteiger partial charge in [0.25, 0.3) is 0 Å². The lowest BCUT2D eigenvalue weighted by Gasteiger charge is -2.08. The summed E-state index contributed by atoms with van der Waals surface area (Å²) in [7, 11) is 0. The maximum atomic E-state index is 11.9. The van der Waals surface area contributed by atoms with E-state index in [-0.39, 0.29) is 18.4 Å². The zero-order valence-electron chi connectivity index (χ0n) is 13.5. The number of hydrogen-bond acceptors (Lipinski definition) is 4. The molecule has 24 heavy (non-hydrogen) atoms. The van der Waals surface area contributed by atoms with Gasteiger partial charge in [-0.25, -0.2) is 4.98 Å². The molecule has 2 heterocycles. The van der Waals surface area contributed by atoms with E-state index >= 15 is 0 Å². The van der Waals surface area contributed by atoms with Gasteiger partial charge in [0.2, 0.25) is 11.8 Å². The van der Waals surface area contributed by atoms with Crippen molar-refractivity contribution >= 4 is 17.6 Å². The highest BCUT2D eigenvalue weighted by molar-refractivity contribution is 5.93. The zero-order valence-corrected chi connectivity index (χ0v) is 13.5. The highest BCUT2D eigenvalue weighted by atomic mass is 16.5. The average Bonchev–Trinajstić information content (AvgIpc) is 3.07. The summed E-state index contributed by atoms with van der Waals surface area (Å²) in [4.78, 5) is 27.5. The van der Waals surface area contributed by atoms with Gasteiger partial charge in [0.1, 0.15) is 11.6 Å². The van der Waals surface area contributed by atoms with Crippen molar-refractivity contribution in [1.82, 2.24) is 10.3 Å². The monoisotopic (exact) mass is 325 g/mol. The summed E-state index contributed by atoms with van der Waals surface area (Å²) in [6.07, 6.45) is 1.25. The summed E-state index contributed by atoms with van der Waals surface area (Å²) >= 11 is 0. The molecule has 0 unspecified atom stereocenters. The topological polar surface area (TPSA) is 80.3 Å². The van der Waals surface area contributed by atoms with Crippen LogP contribution >= 0.6 is 0 Å². The van der Waals surface area contributed by atoms with E-state index in [1.54, 1.807) is 13.0 Å². The van der Waals surface area contributed by atoms with Crippen molar-refractivity contribution in [3.63, 3.8) is 0 Å². The lowest BCUT2D eigenvalue weighted by atomic mass is 10.1. The number of benzene rings is 1. The van der Waals surface area contributed by atoms with Gasteiger partial charge in [-0.1, -0.05) is 13.0 Å². The van der Waals surface area contributed by atoms with Gasteiger partial charge >= 0.3 is 0 Å². The first-order chi connectivity index (χ1) is 11.7. The predicted octanol–water partition coefficient (Wildman–Crippen LogP) is 2.15. The van der Waals surface area contributed by atoms with E-state index in [4.69, 9.17) is 4.74 Å². The molecule has 1 aliphatic rings. The third kappa shape index (κ3) is 3.71. The number of nitrogens with zero attached hydrogens (tertiary/aromatic N) is 1. The van der Waals surface area contributed by atoms with Gasteiger partial charge in [0.05, 0.1) is 18.8 Å². The smallest absolute Gasteiger partial charge is 0.244 e. The second-order valence-corrected chi connectivity index (χ2v) is 5.51. The predicted molar refractivity (Wildman–Crippen MR) is 90.8 cm³/mol. The maximum absolute atomic E-state index is 11.9. The maximum Gasteiger partial charge on any atom is 0.244 e. The van der Waals surface area contributed by atoms with E-state index in [1.807, 2.05) is 24.3 Å². The molecule has 6 heteroatoms. The molecule has 0 saturated heterocycles. The summed E-state index contributed by atoms with van der Waals surface area (Å²) in [5.41, 5.74) is 2.93. The van der Waals surface area contributed by atoms with Gasteiger partial charge in [-0.2, -0.15) is 0 Å². The van der Waals surface area contributed by atoms with Crippen molar-refractivity contribution in [2.24, 2.45) is 0 Å². The van der Waals surface area contributed by atoms with Gasteiger partial charge in [0, 0.05) is 18.4 Å². The summed E-state index contributed by atoms with van der Waals surface area (Å²) in [6.45, 7) is 2.39. The molecular formula is C18H19N3O3. The molecule has 124 valence electrons. The number of rotatable bonds is 5. The molecule has 0 fully saturated rings. The molecule has 0 bridgehead atoms. The van der Waals surface area contributed by atoms with E-state index < -0.39 is 0 Å². The fraction of sp³-hybridized carbons (Fsp3) is 0.278. The van der Waals surface area contributed by atoms with Crippen LogP contribution in [0.2, 0.25) is 0 Å². The SMILES string of the molecule is CCC(=O)NCC(=O)Nc1cccc(-c2ccc3c(c2)CCO3)n1. The first-order valence-electron chi connectivity index (χ1n) is 7.95. The second-order valence-electron chi connectivity index (χ2n) is 5.51. The molecule has 0 radical (unpaired) electrons. The minimum absolute atomic E-state index is 0.0607. The Morgan fingerprint density at radius 3 is 2.92 bits per heavy atom. The Hall–Kier alpha value is -2.89. The molecule has 0 spiro atoms. The molecule has 0 aliphatic carbocycles. The minimum atomic E-state index is -0.302. The van der Waals surface area contributed by atoms with Crippen LogP contribution in [0.4, 0.5) is 5.82 Å². The number of fused-ring (bicyclic) bond motifs is 1. The van der Waals surface area contributed by atoms with E-state index in [9.17, 15) is 9.59 Å². The number of carbonyl (C=O) groups excluding carboxylic acids is 2. The van der Waals surface area contributed by atoms with E-state index in [1.165, 1.54) is 5.56 Å². The number of amides is 2. The third-order valence-corrected chi connectivity index (χ3v) is 3.77.